The molecule has 242 valence electrons. The van der Waals surface area contributed by atoms with E-state index >= 15 is 0 Å². The van der Waals surface area contributed by atoms with Gasteiger partial charge in [0.1, 0.15) is 18.3 Å². The van der Waals surface area contributed by atoms with Gasteiger partial charge in [-0.3, -0.25) is 13.9 Å². The van der Waals surface area contributed by atoms with Crippen LogP contribution in [0.1, 0.15) is 51.0 Å². The molecule has 0 unspecified atom stereocenters. The van der Waals surface area contributed by atoms with Crippen molar-refractivity contribution in [1.29, 1.82) is 0 Å². The van der Waals surface area contributed by atoms with Gasteiger partial charge in [0, 0.05) is 18.7 Å². The molecule has 11 heteroatoms. The topological polar surface area (TPSA) is 114 Å². The summed E-state index contributed by atoms with van der Waals surface area (Å²) in [5.74, 6) is 0.619. The largest absolute Gasteiger partial charge is 0.497 e. The van der Waals surface area contributed by atoms with Gasteiger partial charge in [-0.2, -0.15) is 0 Å². The fourth-order valence-corrected chi connectivity index (χ4v) is 7.05. The minimum atomic E-state index is -4.21. The van der Waals surface area contributed by atoms with E-state index in [1.807, 2.05) is 19.1 Å². The Morgan fingerprint density at radius 1 is 0.867 bits per heavy atom. The molecule has 3 aromatic rings. The Kier molecular flexibility index (Phi) is 11.7. The second-order valence-electron chi connectivity index (χ2n) is 11.0. The standard InChI is InChI=1S/C34H43N3O7S/c1-5-30(34(39)35-26-12-8-6-9-13-26)36(23-25-16-19-28(42-2)20-17-25)33(38)24-37(45(40,41)29-14-10-7-11-15-29)27-18-21-31(43-3)32(22-27)44-4/h7,10-11,14-22,26,30H,5-6,8-9,12-13,23-24H2,1-4H3,(H,35,39)/t30-/m0/s1. The summed E-state index contributed by atoms with van der Waals surface area (Å²) in [4.78, 5) is 29.6. The monoisotopic (exact) mass is 637 g/mol. The Morgan fingerprint density at radius 3 is 2.13 bits per heavy atom. The molecular weight excluding hydrogens is 594 g/mol. The number of rotatable bonds is 14. The van der Waals surface area contributed by atoms with Crippen LogP contribution in [-0.2, 0) is 26.2 Å². The first-order chi connectivity index (χ1) is 21.7. The average molecular weight is 638 g/mol. The Balaban J connectivity index is 1.73. The predicted octanol–water partition coefficient (Wildman–Crippen LogP) is 5.16. The molecule has 0 spiro atoms. The van der Waals surface area contributed by atoms with Crippen LogP contribution in [0.15, 0.2) is 77.7 Å². The van der Waals surface area contributed by atoms with E-state index in [4.69, 9.17) is 14.2 Å². The quantitative estimate of drug-likeness (QED) is 0.260. The van der Waals surface area contributed by atoms with Crippen LogP contribution in [0.25, 0.3) is 0 Å². The van der Waals surface area contributed by atoms with Crippen LogP contribution in [0.2, 0.25) is 0 Å². The normalized spacial score (nSPS) is 14.2. The molecular formula is C34H43N3O7S. The molecule has 0 bridgehead atoms. The molecule has 0 aliphatic heterocycles. The van der Waals surface area contributed by atoms with Gasteiger partial charge in [-0.05, 0) is 61.2 Å². The molecule has 1 saturated carbocycles. The number of carbonyl (C=O) groups is 2. The molecule has 0 radical (unpaired) electrons. The van der Waals surface area contributed by atoms with E-state index in [-0.39, 0.29) is 29.1 Å². The van der Waals surface area contributed by atoms with Gasteiger partial charge in [0.2, 0.25) is 11.8 Å². The number of nitrogens with zero attached hydrogens (tertiary/aromatic N) is 2. The maximum absolute atomic E-state index is 14.4. The van der Waals surface area contributed by atoms with Gasteiger partial charge in [0.05, 0.1) is 31.9 Å². The SMILES string of the molecule is CC[C@@H](C(=O)NC1CCCCC1)N(Cc1ccc(OC)cc1)C(=O)CN(c1ccc(OC)c(OC)c1)S(=O)(=O)c1ccccc1. The predicted molar refractivity (Wildman–Crippen MR) is 173 cm³/mol. The van der Waals surface area contributed by atoms with E-state index in [2.05, 4.69) is 5.32 Å². The van der Waals surface area contributed by atoms with Crippen molar-refractivity contribution in [1.82, 2.24) is 10.2 Å². The number of anilines is 1. The number of hydrogen-bond donors (Lipinski definition) is 1. The summed E-state index contributed by atoms with van der Waals surface area (Å²) in [6.07, 6.45) is 5.39. The highest BCUT2D eigenvalue weighted by molar-refractivity contribution is 7.92. The van der Waals surface area contributed by atoms with Crippen LogP contribution in [0.5, 0.6) is 17.2 Å². The Hall–Kier alpha value is -4.25. The summed E-state index contributed by atoms with van der Waals surface area (Å²) < 4.78 is 45.4. The lowest BCUT2D eigenvalue weighted by atomic mass is 9.95. The third-order valence-electron chi connectivity index (χ3n) is 8.11. The first kappa shape index (κ1) is 33.6. The van der Waals surface area contributed by atoms with Crippen molar-refractivity contribution in [3.8, 4) is 17.2 Å². The molecule has 2 amide bonds. The first-order valence-electron chi connectivity index (χ1n) is 15.2. The lowest BCUT2D eigenvalue weighted by molar-refractivity contribution is -0.140. The highest BCUT2D eigenvalue weighted by atomic mass is 32.2. The minimum Gasteiger partial charge on any atom is -0.497 e. The van der Waals surface area contributed by atoms with Crippen LogP contribution in [-0.4, -0.2) is 65.1 Å². The van der Waals surface area contributed by atoms with Gasteiger partial charge >= 0.3 is 0 Å². The molecule has 4 rings (SSSR count). The number of carbonyl (C=O) groups excluding carboxylic acids is 2. The number of ether oxygens (including phenoxy) is 3. The van der Waals surface area contributed by atoms with E-state index in [1.54, 1.807) is 49.6 Å². The zero-order valence-electron chi connectivity index (χ0n) is 26.4. The van der Waals surface area contributed by atoms with E-state index in [0.717, 1.165) is 42.0 Å². The zero-order valence-corrected chi connectivity index (χ0v) is 27.2. The lowest BCUT2D eigenvalue weighted by Gasteiger charge is -2.34. The second-order valence-corrected chi connectivity index (χ2v) is 12.9. The maximum atomic E-state index is 14.4. The van der Waals surface area contributed by atoms with Gasteiger partial charge in [0.25, 0.3) is 10.0 Å². The van der Waals surface area contributed by atoms with Gasteiger partial charge in [-0.1, -0.05) is 56.5 Å². The molecule has 1 aliphatic rings. The second kappa shape index (κ2) is 15.7. The van der Waals surface area contributed by atoms with Crippen LogP contribution >= 0.6 is 0 Å². The molecule has 3 aromatic carbocycles. The van der Waals surface area contributed by atoms with Crippen molar-refractivity contribution in [2.24, 2.45) is 0 Å². The highest BCUT2D eigenvalue weighted by Gasteiger charge is 2.34. The molecule has 45 heavy (non-hydrogen) atoms. The van der Waals surface area contributed by atoms with E-state index < -0.39 is 28.5 Å². The summed E-state index contributed by atoms with van der Waals surface area (Å²) in [6.45, 7) is 1.41. The van der Waals surface area contributed by atoms with Crippen molar-refractivity contribution < 1.29 is 32.2 Å². The minimum absolute atomic E-state index is 0.0244. The molecule has 1 aliphatic carbocycles. The third-order valence-corrected chi connectivity index (χ3v) is 9.90. The Labute approximate surface area is 266 Å². The smallest absolute Gasteiger partial charge is 0.264 e. The molecule has 0 heterocycles. The van der Waals surface area contributed by atoms with Crippen LogP contribution in [0.4, 0.5) is 5.69 Å². The van der Waals surface area contributed by atoms with Crippen molar-refractivity contribution in [3.05, 3.63) is 78.4 Å². The van der Waals surface area contributed by atoms with Gasteiger partial charge < -0.3 is 24.4 Å². The molecule has 10 nitrogen and oxygen atoms in total. The van der Waals surface area contributed by atoms with Gasteiger partial charge in [-0.25, -0.2) is 8.42 Å². The molecule has 0 aromatic heterocycles. The van der Waals surface area contributed by atoms with Crippen LogP contribution in [0.3, 0.4) is 0 Å². The fraction of sp³-hybridized carbons (Fsp3) is 0.412. The average Bonchev–Trinajstić information content (AvgIpc) is 3.07. The van der Waals surface area contributed by atoms with Crippen molar-refractivity contribution in [2.45, 2.75) is 69.0 Å². The lowest BCUT2D eigenvalue weighted by Crippen LogP contribution is -2.54. The Bertz CT molecular complexity index is 1530. The summed E-state index contributed by atoms with van der Waals surface area (Å²) >= 11 is 0. The number of sulfonamides is 1. The summed E-state index contributed by atoms with van der Waals surface area (Å²) in [5.41, 5.74) is 0.991. The maximum Gasteiger partial charge on any atom is 0.264 e. The van der Waals surface area contributed by atoms with Crippen molar-refractivity contribution in [3.63, 3.8) is 0 Å². The number of nitrogens with one attached hydrogen (secondary N) is 1. The van der Waals surface area contributed by atoms with E-state index in [9.17, 15) is 18.0 Å². The van der Waals surface area contributed by atoms with E-state index in [0.29, 0.717) is 23.7 Å². The number of hydrogen-bond acceptors (Lipinski definition) is 7. The third kappa shape index (κ3) is 8.27. The summed E-state index contributed by atoms with van der Waals surface area (Å²) in [6, 6.07) is 19.1. The molecule has 1 N–H and O–H groups in total. The van der Waals surface area contributed by atoms with Crippen LogP contribution in [0, 0.1) is 0 Å². The molecule has 0 saturated heterocycles. The van der Waals surface area contributed by atoms with Crippen molar-refractivity contribution in [2.75, 3.05) is 32.2 Å². The van der Waals surface area contributed by atoms with E-state index in [1.165, 1.54) is 37.3 Å². The van der Waals surface area contributed by atoms with Gasteiger partial charge in [0.15, 0.2) is 11.5 Å². The highest BCUT2D eigenvalue weighted by Crippen LogP contribution is 2.34. The number of amides is 2. The van der Waals surface area contributed by atoms with Gasteiger partial charge in [-0.15, -0.1) is 0 Å². The molecule has 1 fully saturated rings. The van der Waals surface area contributed by atoms with Crippen molar-refractivity contribution >= 4 is 27.5 Å². The molecule has 1 atom stereocenters. The Morgan fingerprint density at radius 2 is 1.53 bits per heavy atom. The number of methoxy groups -OCH3 is 3. The summed E-state index contributed by atoms with van der Waals surface area (Å²) in [5, 5.41) is 3.16. The zero-order chi connectivity index (χ0) is 32.4. The number of benzene rings is 3. The fourth-order valence-electron chi connectivity index (χ4n) is 5.62. The van der Waals surface area contributed by atoms with Crippen LogP contribution < -0.4 is 23.8 Å². The summed E-state index contributed by atoms with van der Waals surface area (Å²) in [7, 11) is 0.301. The first-order valence-corrected chi connectivity index (χ1v) is 16.7.